The van der Waals surface area contributed by atoms with E-state index in [9.17, 15) is 0 Å². The number of rotatable bonds is 7. The third kappa shape index (κ3) is 6.85. The molecule has 6 heteroatoms. The van der Waals surface area contributed by atoms with Crippen molar-refractivity contribution in [2.24, 2.45) is 0 Å². The molecule has 5 heterocycles. The van der Waals surface area contributed by atoms with Crippen molar-refractivity contribution in [2.45, 2.75) is 0 Å². The first-order valence-corrected chi connectivity index (χ1v) is 29.0. The van der Waals surface area contributed by atoms with Gasteiger partial charge >= 0.3 is 0 Å². The molecule has 0 atom stereocenters. The summed E-state index contributed by atoms with van der Waals surface area (Å²) in [5, 5.41) is 7.32. The number of fused-ring (bicyclic) bond motifs is 13. The van der Waals surface area contributed by atoms with E-state index < -0.39 is 0 Å². The molecule has 0 saturated heterocycles. The molecule has 2 aliphatic heterocycles. The second kappa shape index (κ2) is 18.2. The third-order valence-corrected chi connectivity index (χ3v) is 17.9. The SMILES string of the molecule is c1ccc(-c2ccc3c4ccc(-c5ccccc5)cc4n(-c4cc5c6c(c4)N(c4ccccc4)c4cc7c(cc4B6c4cc6c8ccccc8n(-c8ccccc8)c6cc4N5c4ccccc4)c4ccccc4n7-c4ccccc4)c3c2)cc1. The molecule has 0 unspecified atom stereocenters. The maximum atomic E-state index is 2.58. The molecule has 0 aliphatic carbocycles. The zero-order chi connectivity index (χ0) is 55.0. The van der Waals surface area contributed by atoms with Crippen LogP contribution in [0.15, 0.2) is 303 Å². The smallest absolute Gasteiger partial charge is 0.252 e. The van der Waals surface area contributed by atoms with Crippen LogP contribution in [0.25, 0.3) is 105 Å². The number of nitrogens with zero attached hydrogens (tertiary/aromatic N) is 5. The zero-order valence-corrected chi connectivity index (χ0v) is 45.7. The molecule has 0 amide bonds. The Morgan fingerprint density at radius 1 is 0.202 bits per heavy atom. The first kappa shape index (κ1) is 46.7. The molecule has 390 valence electrons. The molecule has 16 aromatic rings. The Hall–Kier alpha value is -11.1. The van der Waals surface area contributed by atoms with Crippen molar-refractivity contribution in [3.63, 3.8) is 0 Å². The Labute approximate surface area is 486 Å². The molecule has 18 rings (SSSR count). The first-order valence-electron chi connectivity index (χ1n) is 29.0. The van der Waals surface area contributed by atoms with Crippen molar-refractivity contribution in [2.75, 3.05) is 9.80 Å². The lowest BCUT2D eigenvalue weighted by molar-refractivity contribution is 1.16. The van der Waals surface area contributed by atoms with Gasteiger partial charge in [0.15, 0.2) is 0 Å². The minimum absolute atomic E-state index is 0.173. The van der Waals surface area contributed by atoms with E-state index in [4.69, 9.17) is 0 Å². The number of aromatic nitrogens is 3. The Bertz CT molecular complexity index is 4980. The predicted molar refractivity (Wildman–Crippen MR) is 354 cm³/mol. The highest BCUT2D eigenvalue weighted by Gasteiger charge is 2.45. The Kier molecular flexibility index (Phi) is 10.1. The number of benzene rings is 13. The lowest BCUT2D eigenvalue weighted by atomic mass is 9.33. The van der Waals surface area contributed by atoms with Gasteiger partial charge < -0.3 is 23.5 Å². The summed E-state index contributed by atoms with van der Waals surface area (Å²) < 4.78 is 7.48. The molecule has 3 aromatic heterocycles. The maximum Gasteiger partial charge on any atom is 0.252 e. The molecule has 0 fully saturated rings. The molecule has 0 bridgehead atoms. The molecule has 13 aromatic carbocycles. The number of anilines is 6. The van der Waals surface area contributed by atoms with E-state index in [0.717, 1.165) is 73.3 Å². The van der Waals surface area contributed by atoms with Crippen molar-refractivity contribution in [1.82, 2.24) is 13.7 Å². The highest BCUT2D eigenvalue weighted by molar-refractivity contribution is 7.00. The van der Waals surface area contributed by atoms with Crippen LogP contribution >= 0.6 is 0 Å². The zero-order valence-electron chi connectivity index (χ0n) is 45.7. The summed E-state index contributed by atoms with van der Waals surface area (Å²) >= 11 is 0. The van der Waals surface area contributed by atoms with Gasteiger partial charge in [-0.1, -0.05) is 206 Å². The van der Waals surface area contributed by atoms with Gasteiger partial charge in [0.2, 0.25) is 0 Å². The quantitative estimate of drug-likeness (QED) is 0.148. The Balaban J connectivity index is 1.02. The molecule has 84 heavy (non-hydrogen) atoms. The molecule has 2 aliphatic rings. The van der Waals surface area contributed by atoms with E-state index in [-0.39, 0.29) is 6.71 Å². The van der Waals surface area contributed by atoms with Crippen LogP contribution in [0.4, 0.5) is 34.1 Å². The van der Waals surface area contributed by atoms with E-state index in [1.807, 2.05) is 0 Å². The van der Waals surface area contributed by atoms with Crippen LogP contribution in [0.1, 0.15) is 0 Å². The highest BCUT2D eigenvalue weighted by atomic mass is 15.2. The molecule has 0 saturated carbocycles. The van der Waals surface area contributed by atoms with E-state index in [1.165, 1.54) is 82.0 Å². The van der Waals surface area contributed by atoms with Crippen LogP contribution in [0, 0.1) is 0 Å². The summed E-state index contributed by atoms with van der Waals surface area (Å²) in [6, 6.07) is 113. The lowest BCUT2D eigenvalue weighted by Gasteiger charge is -2.44. The van der Waals surface area contributed by atoms with E-state index in [0.29, 0.717) is 0 Å². The van der Waals surface area contributed by atoms with Gasteiger partial charge in [-0.3, -0.25) is 0 Å². The van der Waals surface area contributed by atoms with Crippen LogP contribution in [-0.2, 0) is 0 Å². The van der Waals surface area contributed by atoms with Gasteiger partial charge in [0.25, 0.3) is 6.71 Å². The summed E-state index contributed by atoms with van der Waals surface area (Å²) in [5.74, 6) is 0. The topological polar surface area (TPSA) is 21.3 Å². The van der Waals surface area contributed by atoms with Gasteiger partial charge in [0.05, 0.1) is 38.8 Å². The monoisotopic (exact) mass is 1070 g/mol. The second-order valence-electron chi connectivity index (χ2n) is 22.4. The number of hydrogen-bond acceptors (Lipinski definition) is 2. The average molecular weight is 1070 g/mol. The van der Waals surface area contributed by atoms with Crippen molar-refractivity contribution in [1.29, 1.82) is 0 Å². The van der Waals surface area contributed by atoms with Gasteiger partial charge in [-0.25, -0.2) is 0 Å². The number of hydrogen-bond donors (Lipinski definition) is 0. The molecular weight excluding hydrogens is 1020 g/mol. The van der Waals surface area contributed by atoms with Crippen LogP contribution in [0.5, 0.6) is 0 Å². The lowest BCUT2D eigenvalue weighted by Crippen LogP contribution is -2.61. The van der Waals surface area contributed by atoms with Crippen LogP contribution < -0.4 is 26.2 Å². The van der Waals surface area contributed by atoms with Crippen molar-refractivity contribution < 1.29 is 0 Å². The summed E-state index contributed by atoms with van der Waals surface area (Å²) in [6.45, 7) is -0.173. The van der Waals surface area contributed by atoms with Gasteiger partial charge in [-0.05, 0) is 136 Å². The summed E-state index contributed by atoms with van der Waals surface area (Å²) in [4.78, 5) is 5.15. The highest BCUT2D eigenvalue weighted by Crippen LogP contribution is 2.49. The molecule has 0 radical (unpaired) electrons. The van der Waals surface area contributed by atoms with Crippen molar-refractivity contribution in [3.8, 4) is 39.3 Å². The standard InChI is InChI=1S/C78H50BN5/c1-7-23-51(24-8-1)53-39-41-62-63-42-40-54(52-25-9-2-10-26-52)44-71(63)84(70(62)43-53)59-45-76-78-77(46-59)83(58-33-17-6-18-34-58)75-50-73-65(61-36-20-22-38-69(61)81(73)56-29-13-4-14-30-56)48-67(75)79(78)66-47-64-60-35-19-21-37-68(60)80(55-27-11-3-12-28-55)72(64)49-74(66)82(76)57-31-15-5-16-32-57/h1-50H. The first-order chi connectivity index (χ1) is 41.7. The average Bonchev–Trinajstić information content (AvgIpc) is 1.15. The van der Waals surface area contributed by atoms with E-state index in [2.05, 4.69) is 327 Å². The van der Waals surface area contributed by atoms with E-state index >= 15 is 0 Å². The van der Waals surface area contributed by atoms with Gasteiger partial charge in [0, 0.05) is 77.8 Å². The van der Waals surface area contributed by atoms with E-state index in [1.54, 1.807) is 0 Å². The summed E-state index contributed by atoms with van der Waals surface area (Å²) in [7, 11) is 0. The minimum Gasteiger partial charge on any atom is -0.311 e. The van der Waals surface area contributed by atoms with Gasteiger partial charge in [-0.2, -0.15) is 0 Å². The van der Waals surface area contributed by atoms with Gasteiger partial charge in [0.1, 0.15) is 0 Å². The fraction of sp³-hybridized carbons (Fsp3) is 0. The maximum absolute atomic E-state index is 2.58. The largest absolute Gasteiger partial charge is 0.311 e. The predicted octanol–water partition coefficient (Wildman–Crippen LogP) is 18.4. The molecule has 0 spiro atoms. The molecular formula is C78H50BN5. The van der Waals surface area contributed by atoms with Crippen LogP contribution in [-0.4, -0.2) is 20.4 Å². The summed E-state index contributed by atoms with van der Waals surface area (Å²) in [5.41, 5.74) is 25.6. The summed E-state index contributed by atoms with van der Waals surface area (Å²) in [6.07, 6.45) is 0. The minimum atomic E-state index is -0.173. The normalized spacial score (nSPS) is 12.7. The third-order valence-electron chi connectivity index (χ3n) is 17.9. The van der Waals surface area contributed by atoms with Crippen molar-refractivity contribution in [3.05, 3.63) is 303 Å². The fourth-order valence-corrected chi connectivity index (χ4v) is 14.4. The van der Waals surface area contributed by atoms with Crippen LogP contribution in [0.3, 0.4) is 0 Å². The molecule has 0 N–H and O–H groups in total. The molecule has 5 nitrogen and oxygen atoms in total. The second-order valence-corrected chi connectivity index (χ2v) is 22.4. The van der Waals surface area contributed by atoms with Gasteiger partial charge in [-0.15, -0.1) is 0 Å². The number of para-hydroxylation sites is 6. The Morgan fingerprint density at radius 3 is 0.952 bits per heavy atom. The van der Waals surface area contributed by atoms with Crippen LogP contribution in [0.2, 0.25) is 0 Å². The Morgan fingerprint density at radius 2 is 0.536 bits per heavy atom. The van der Waals surface area contributed by atoms with Crippen molar-refractivity contribution >= 4 is 123 Å². The fourth-order valence-electron chi connectivity index (χ4n) is 14.4.